The minimum absolute atomic E-state index is 0.0838. The fourth-order valence-corrected chi connectivity index (χ4v) is 5.62. The van der Waals surface area contributed by atoms with Gasteiger partial charge < -0.3 is 10.2 Å². The van der Waals surface area contributed by atoms with Crippen molar-refractivity contribution in [2.45, 2.75) is 65.6 Å². The average molecular weight is 564 g/mol. The summed E-state index contributed by atoms with van der Waals surface area (Å²) in [6, 6.07) is 24.0. The number of anilines is 1. The molecule has 0 aliphatic heterocycles. The van der Waals surface area contributed by atoms with Crippen LogP contribution >= 0.6 is 0 Å². The first-order valence-corrected chi connectivity index (χ1v) is 15.5. The molecule has 2 amide bonds. The molecule has 3 rings (SSSR count). The van der Waals surface area contributed by atoms with Crippen molar-refractivity contribution < 1.29 is 18.0 Å². The zero-order valence-corrected chi connectivity index (χ0v) is 24.9. The maximum absolute atomic E-state index is 13.8. The van der Waals surface area contributed by atoms with E-state index in [-0.39, 0.29) is 37.4 Å². The minimum atomic E-state index is -3.54. The van der Waals surface area contributed by atoms with Gasteiger partial charge in [-0.25, -0.2) is 8.42 Å². The molecule has 214 valence electrons. The van der Waals surface area contributed by atoms with Gasteiger partial charge in [0.25, 0.3) is 0 Å². The number of sulfonamides is 1. The zero-order chi connectivity index (χ0) is 29.3. The number of amides is 2. The number of benzene rings is 3. The second kappa shape index (κ2) is 14.1. The number of nitrogens with zero attached hydrogens (tertiary/aromatic N) is 2. The number of carbonyl (C=O) groups is 2. The van der Waals surface area contributed by atoms with Crippen LogP contribution in [0.4, 0.5) is 5.69 Å². The third-order valence-corrected chi connectivity index (χ3v) is 7.81. The Kier molecular flexibility index (Phi) is 10.9. The van der Waals surface area contributed by atoms with E-state index in [1.807, 2.05) is 94.4 Å². The number of carbonyl (C=O) groups excluding carboxylic acids is 2. The molecule has 0 aliphatic carbocycles. The van der Waals surface area contributed by atoms with Crippen molar-refractivity contribution in [3.05, 3.63) is 101 Å². The van der Waals surface area contributed by atoms with E-state index < -0.39 is 16.1 Å². The first-order valence-electron chi connectivity index (χ1n) is 13.7. The fraction of sp³-hybridized carbons (Fsp3) is 0.375. The van der Waals surface area contributed by atoms with Gasteiger partial charge in [0.05, 0.1) is 11.9 Å². The van der Waals surface area contributed by atoms with E-state index in [0.717, 1.165) is 22.3 Å². The van der Waals surface area contributed by atoms with Crippen molar-refractivity contribution in [2.75, 3.05) is 17.1 Å². The lowest BCUT2D eigenvalue weighted by molar-refractivity contribution is -0.141. The normalized spacial score (nSPS) is 12.2. The highest BCUT2D eigenvalue weighted by atomic mass is 32.2. The second-order valence-corrected chi connectivity index (χ2v) is 12.6. The summed E-state index contributed by atoms with van der Waals surface area (Å²) < 4.78 is 26.5. The summed E-state index contributed by atoms with van der Waals surface area (Å²) in [5.41, 5.74) is 4.55. The molecule has 3 aromatic rings. The standard InChI is InChI=1S/C32H41N3O4S/c1-24(2)33-32(37)30(22-27-12-7-6-8-13-27)34(23-28-14-9-11-26(4)21-28)31(36)15-10-20-35(40(5,38)39)29-18-16-25(3)17-19-29/h6-9,11-14,16-19,21,24,30H,10,15,20,22-23H2,1-5H3,(H,33,37)/t30-/m1/s1. The molecule has 0 spiro atoms. The molecular formula is C32H41N3O4S. The smallest absolute Gasteiger partial charge is 0.243 e. The minimum Gasteiger partial charge on any atom is -0.352 e. The quantitative estimate of drug-likeness (QED) is 0.317. The van der Waals surface area contributed by atoms with Gasteiger partial charge in [-0.1, -0.05) is 77.9 Å². The van der Waals surface area contributed by atoms with Crippen molar-refractivity contribution in [2.24, 2.45) is 0 Å². The van der Waals surface area contributed by atoms with Crippen LogP contribution in [0.3, 0.4) is 0 Å². The van der Waals surface area contributed by atoms with E-state index >= 15 is 0 Å². The Balaban J connectivity index is 1.87. The van der Waals surface area contributed by atoms with Crippen molar-refractivity contribution in [3.8, 4) is 0 Å². The van der Waals surface area contributed by atoms with Gasteiger partial charge in [0, 0.05) is 32.0 Å². The molecule has 0 radical (unpaired) electrons. The third-order valence-electron chi connectivity index (χ3n) is 6.61. The van der Waals surface area contributed by atoms with E-state index in [4.69, 9.17) is 0 Å². The van der Waals surface area contributed by atoms with Crippen molar-refractivity contribution in [1.82, 2.24) is 10.2 Å². The molecule has 0 aromatic heterocycles. The van der Waals surface area contributed by atoms with Crippen LogP contribution in [0, 0.1) is 13.8 Å². The summed E-state index contributed by atoms with van der Waals surface area (Å²) >= 11 is 0. The molecule has 0 unspecified atom stereocenters. The predicted octanol–water partition coefficient (Wildman–Crippen LogP) is 5.01. The molecule has 7 nitrogen and oxygen atoms in total. The van der Waals surface area contributed by atoms with E-state index in [2.05, 4.69) is 5.32 Å². The van der Waals surface area contributed by atoms with Crippen molar-refractivity contribution in [1.29, 1.82) is 0 Å². The van der Waals surface area contributed by atoms with Crippen LogP contribution in [0.5, 0.6) is 0 Å². The van der Waals surface area contributed by atoms with Crippen LogP contribution in [0.25, 0.3) is 0 Å². The van der Waals surface area contributed by atoms with Gasteiger partial charge in [0.15, 0.2) is 0 Å². The van der Waals surface area contributed by atoms with Crippen LogP contribution in [0.2, 0.25) is 0 Å². The van der Waals surface area contributed by atoms with E-state index in [1.54, 1.807) is 17.0 Å². The van der Waals surface area contributed by atoms with Gasteiger partial charge in [-0.05, 0) is 57.4 Å². The molecule has 0 bridgehead atoms. The van der Waals surface area contributed by atoms with E-state index in [0.29, 0.717) is 18.5 Å². The van der Waals surface area contributed by atoms with Crippen LogP contribution in [-0.2, 0) is 32.6 Å². The summed E-state index contributed by atoms with van der Waals surface area (Å²) in [4.78, 5) is 29.0. The molecule has 40 heavy (non-hydrogen) atoms. The van der Waals surface area contributed by atoms with Crippen molar-refractivity contribution >= 4 is 27.5 Å². The first kappa shape index (κ1) is 30.9. The number of hydrogen-bond donors (Lipinski definition) is 1. The molecule has 0 heterocycles. The van der Waals surface area contributed by atoms with Gasteiger partial charge >= 0.3 is 0 Å². The predicted molar refractivity (Wildman–Crippen MR) is 162 cm³/mol. The largest absolute Gasteiger partial charge is 0.352 e. The van der Waals surface area contributed by atoms with Gasteiger partial charge in [-0.3, -0.25) is 13.9 Å². The van der Waals surface area contributed by atoms with E-state index in [1.165, 1.54) is 10.6 Å². The summed E-state index contributed by atoms with van der Waals surface area (Å²) in [5, 5.41) is 3.00. The molecule has 0 saturated heterocycles. The van der Waals surface area contributed by atoms with Crippen LogP contribution in [-0.4, -0.2) is 50.0 Å². The Morgan fingerprint density at radius 1 is 0.850 bits per heavy atom. The first-order chi connectivity index (χ1) is 18.9. The Bertz CT molecular complexity index is 1370. The Morgan fingerprint density at radius 3 is 2.10 bits per heavy atom. The third kappa shape index (κ3) is 9.23. The highest BCUT2D eigenvalue weighted by Crippen LogP contribution is 2.21. The topological polar surface area (TPSA) is 86.8 Å². The molecule has 8 heteroatoms. The SMILES string of the molecule is Cc1ccc(N(CCCC(=O)N(Cc2cccc(C)c2)[C@H](Cc2ccccc2)C(=O)NC(C)C)S(C)(=O)=O)cc1. The molecule has 0 aliphatic rings. The maximum Gasteiger partial charge on any atom is 0.243 e. The van der Waals surface area contributed by atoms with Crippen molar-refractivity contribution in [3.63, 3.8) is 0 Å². The molecular weight excluding hydrogens is 522 g/mol. The van der Waals surface area contributed by atoms with Gasteiger partial charge in [-0.15, -0.1) is 0 Å². The van der Waals surface area contributed by atoms with E-state index in [9.17, 15) is 18.0 Å². The fourth-order valence-electron chi connectivity index (χ4n) is 4.66. The van der Waals surface area contributed by atoms with Gasteiger partial charge in [0.2, 0.25) is 21.8 Å². The lowest BCUT2D eigenvalue weighted by atomic mass is 10.0. The Hall–Kier alpha value is -3.65. The van der Waals surface area contributed by atoms with Crippen LogP contribution < -0.4 is 9.62 Å². The number of hydrogen-bond acceptors (Lipinski definition) is 4. The molecule has 3 aromatic carbocycles. The summed E-state index contributed by atoms with van der Waals surface area (Å²) in [6.07, 6.45) is 1.96. The second-order valence-electron chi connectivity index (χ2n) is 10.7. The van der Waals surface area contributed by atoms with Gasteiger partial charge in [-0.2, -0.15) is 0 Å². The monoisotopic (exact) mass is 563 g/mol. The average Bonchev–Trinajstić information content (AvgIpc) is 2.89. The van der Waals surface area contributed by atoms with Crippen LogP contribution in [0.15, 0.2) is 78.9 Å². The Labute approximate surface area is 239 Å². The highest BCUT2D eigenvalue weighted by molar-refractivity contribution is 7.92. The lowest BCUT2D eigenvalue weighted by Gasteiger charge is -2.32. The number of rotatable bonds is 13. The molecule has 0 fully saturated rings. The highest BCUT2D eigenvalue weighted by Gasteiger charge is 2.31. The maximum atomic E-state index is 13.8. The lowest BCUT2D eigenvalue weighted by Crippen LogP contribution is -2.51. The molecule has 1 N–H and O–H groups in total. The molecule has 0 saturated carbocycles. The van der Waals surface area contributed by atoms with Gasteiger partial charge in [0.1, 0.15) is 6.04 Å². The number of nitrogens with one attached hydrogen (secondary N) is 1. The summed E-state index contributed by atoms with van der Waals surface area (Å²) in [7, 11) is -3.54. The number of aryl methyl sites for hydroxylation is 2. The zero-order valence-electron chi connectivity index (χ0n) is 24.1. The summed E-state index contributed by atoms with van der Waals surface area (Å²) in [6.45, 7) is 8.17. The molecule has 1 atom stereocenters. The summed E-state index contributed by atoms with van der Waals surface area (Å²) in [5.74, 6) is -0.407. The van der Waals surface area contributed by atoms with Crippen LogP contribution in [0.1, 0.15) is 48.9 Å². The Morgan fingerprint density at radius 2 is 1.50 bits per heavy atom.